The highest BCUT2D eigenvalue weighted by atomic mass is 32.2. The summed E-state index contributed by atoms with van der Waals surface area (Å²) in [5.41, 5.74) is 2.93. The van der Waals surface area contributed by atoms with Gasteiger partial charge in [-0.3, -0.25) is 0 Å². The Labute approximate surface area is 134 Å². The average molecular weight is 308 g/mol. The van der Waals surface area contributed by atoms with Crippen LogP contribution in [0.4, 0.5) is 0 Å². The first-order valence-electron chi connectivity index (χ1n) is 8.12. The molecule has 0 aliphatic heterocycles. The van der Waals surface area contributed by atoms with Gasteiger partial charge in [0.15, 0.2) is 0 Å². The average Bonchev–Trinajstić information content (AvgIpc) is 2.81. The summed E-state index contributed by atoms with van der Waals surface area (Å²) in [4.78, 5) is 0. The number of nitrogens with one attached hydrogen (secondary N) is 1. The summed E-state index contributed by atoms with van der Waals surface area (Å²) >= 11 is 2.14. The molecule has 0 saturated heterocycles. The van der Waals surface area contributed by atoms with Crippen LogP contribution >= 0.6 is 11.8 Å². The van der Waals surface area contributed by atoms with Crippen molar-refractivity contribution in [2.24, 2.45) is 5.92 Å². The Morgan fingerprint density at radius 2 is 2.10 bits per heavy atom. The maximum atomic E-state index is 5.41. The molecule has 1 aromatic carbocycles. The van der Waals surface area contributed by atoms with Crippen LogP contribution in [-0.2, 0) is 6.42 Å². The van der Waals surface area contributed by atoms with Gasteiger partial charge in [-0.2, -0.15) is 11.8 Å². The van der Waals surface area contributed by atoms with Gasteiger partial charge >= 0.3 is 0 Å². The largest absolute Gasteiger partial charge is 0.497 e. The molecule has 3 heteroatoms. The fourth-order valence-corrected chi connectivity index (χ4v) is 4.35. The van der Waals surface area contributed by atoms with E-state index in [9.17, 15) is 0 Å². The molecule has 3 unspecified atom stereocenters. The zero-order valence-corrected chi connectivity index (χ0v) is 14.8. The van der Waals surface area contributed by atoms with Gasteiger partial charge in [-0.15, -0.1) is 0 Å². The van der Waals surface area contributed by atoms with Crippen LogP contribution in [0.5, 0.6) is 5.75 Å². The molecule has 21 heavy (non-hydrogen) atoms. The van der Waals surface area contributed by atoms with Crippen molar-refractivity contribution in [2.75, 3.05) is 13.7 Å². The van der Waals surface area contributed by atoms with E-state index in [1.165, 1.54) is 24.0 Å². The third kappa shape index (κ3) is 3.95. The van der Waals surface area contributed by atoms with E-state index in [4.69, 9.17) is 4.74 Å². The van der Waals surface area contributed by atoms with E-state index in [-0.39, 0.29) is 0 Å². The standard InChI is InChI=1S/C18H29NOS/c1-6-9-19-18-16-11-15(20-5)8-7-14(16)10-17(18)21-13(4)12(2)3/h7-8,11-13,17-19H,6,9-10H2,1-5H3. The smallest absolute Gasteiger partial charge is 0.119 e. The molecule has 0 amide bonds. The molecule has 1 aliphatic rings. The van der Waals surface area contributed by atoms with Gasteiger partial charge < -0.3 is 10.1 Å². The molecule has 0 radical (unpaired) electrons. The highest BCUT2D eigenvalue weighted by Gasteiger charge is 2.34. The quantitative estimate of drug-likeness (QED) is 0.805. The molecular formula is C18H29NOS. The molecular weight excluding hydrogens is 278 g/mol. The highest BCUT2D eigenvalue weighted by molar-refractivity contribution is 8.00. The summed E-state index contributed by atoms with van der Waals surface area (Å²) in [6.45, 7) is 10.3. The van der Waals surface area contributed by atoms with E-state index in [0.717, 1.165) is 18.2 Å². The Balaban J connectivity index is 2.19. The molecule has 2 nitrogen and oxygen atoms in total. The Morgan fingerprint density at radius 1 is 1.33 bits per heavy atom. The van der Waals surface area contributed by atoms with Crippen LogP contribution in [0.25, 0.3) is 0 Å². The van der Waals surface area contributed by atoms with Crippen LogP contribution in [0.3, 0.4) is 0 Å². The minimum Gasteiger partial charge on any atom is -0.497 e. The summed E-state index contributed by atoms with van der Waals surface area (Å²) in [6, 6.07) is 7.02. The van der Waals surface area contributed by atoms with Gasteiger partial charge in [0.1, 0.15) is 5.75 Å². The molecule has 0 fully saturated rings. The molecule has 0 saturated carbocycles. The van der Waals surface area contributed by atoms with Crippen LogP contribution in [0.15, 0.2) is 18.2 Å². The minimum atomic E-state index is 0.459. The van der Waals surface area contributed by atoms with Crippen molar-refractivity contribution < 1.29 is 4.74 Å². The van der Waals surface area contributed by atoms with Crippen LogP contribution in [0.1, 0.15) is 51.3 Å². The fraction of sp³-hybridized carbons (Fsp3) is 0.667. The topological polar surface area (TPSA) is 21.3 Å². The highest BCUT2D eigenvalue weighted by Crippen LogP contribution is 2.42. The Bertz CT molecular complexity index is 461. The van der Waals surface area contributed by atoms with E-state index < -0.39 is 0 Å². The zero-order chi connectivity index (χ0) is 15.4. The normalized spacial score (nSPS) is 22.4. The molecule has 1 aromatic rings. The third-order valence-corrected chi connectivity index (χ3v) is 6.19. The van der Waals surface area contributed by atoms with E-state index >= 15 is 0 Å². The van der Waals surface area contributed by atoms with E-state index in [0.29, 0.717) is 16.5 Å². The van der Waals surface area contributed by atoms with Crippen molar-refractivity contribution in [1.29, 1.82) is 0 Å². The zero-order valence-electron chi connectivity index (χ0n) is 14.0. The molecule has 0 bridgehead atoms. The number of hydrogen-bond acceptors (Lipinski definition) is 3. The fourth-order valence-electron chi connectivity index (χ4n) is 2.81. The number of methoxy groups -OCH3 is 1. The summed E-state index contributed by atoms with van der Waals surface area (Å²) in [6.07, 6.45) is 2.34. The maximum Gasteiger partial charge on any atom is 0.119 e. The molecule has 3 atom stereocenters. The molecule has 2 rings (SSSR count). The first-order valence-corrected chi connectivity index (χ1v) is 9.06. The van der Waals surface area contributed by atoms with Crippen molar-refractivity contribution in [1.82, 2.24) is 5.32 Å². The van der Waals surface area contributed by atoms with Crippen molar-refractivity contribution >= 4 is 11.8 Å². The van der Waals surface area contributed by atoms with Gasteiger partial charge in [0.05, 0.1) is 7.11 Å². The van der Waals surface area contributed by atoms with Crippen LogP contribution in [0, 0.1) is 5.92 Å². The van der Waals surface area contributed by atoms with Crippen molar-refractivity contribution in [3.8, 4) is 5.75 Å². The summed E-state index contributed by atoms with van der Waals surface area (Å²) in [7, 11) is 1.75. The van der Waals surface area contributed by atoms with E-state index in [1.54, 1.807) is 7.11 Å². The van der Waals surface area contributed by atoms with Crippen molar-refractivity contribution in [3.63, 3.8) is 0 Å². The molecule has 0 aromatic heterocycles. The molecule has 1 aliphatic carbocycles. The molecule has 118 valence electrons. The molecule has 0 heterocycles. The Morgan fingerprint density at radius 3 is 2.71 bits per heavy atom. The first kappa shape index (κ1) is 16.7. The Kier molecular flexibility index (Phi) is 6.00. The monoisotopic (exact) mass is 307 g/mol. The lowest BCUT2D eigenvalue weighted by atomic mass is 10.1. The lowest BCUT2D eigenvalue weighted by Gasteiger charge is -2.26. The first-order chi connectivity index (χ1) is 10.1. The SMILES string of the molecule is CCCNC1c2cc(OC)ccc2CC1SC(C)C(C)C. The number of rotatable bonds is 7. The lowest BCUT2D eigenvalue weighted by molar-refractivity contribution is 0.413. The summed E-state index contributed by atoms with van der Waals surface area (Å²) < 4.78 is 5.41. The second-order valence-electron chi connectivity index (χ2n) is 6.32. The van der Waals surface area contributed by atoms with E-state index in [2.05, 4.69) is 63.0 Å². The van der Waals surface area contributed by atoms with Crippen LogP contribution < -0.4 is 10.1 Å². The molecule has 1 N–H and O–H groups in total. The van der Waals surface area contributed by atoms with Gasteiger partial charge in [0, 0.05) is 16.5 Å². The number of thioether (sulfide) groups is 1. The molecule has 0 spiro atoms. The summed E-state index contributed by atoms with van der Waals surface area (Å²) in [5.74, 6) is 1.69. The Hall–Kier alpha value is -0.670. The number of benzene rings is 1. The van der Waals surface area contributed by atoms with Gasteiger partial charge in [0.25, 0.3) is 0 Å². The predicted molar refractivity (Wildman–Crippen MR) is 93.4 cm³/mol. The summed E-state index contributed by atoms with van der Waals surface area (Å²) in [5, 5.41) is 5.08. The van der Waals surface area contributed by atoms with Crippen molar-refractivity contribution in [2.45, 2.75) is 57.1 Å². The van der Waals surface area contributed by atoms with Gasteiger partial charge in [0.2, 0.25) is 0 Å². The van der Waals surface area contributed by atoms with Gasteiger partial charge in [-0.05, 0) is 48.6 Å². The van der Waals surface area contributed by atoms with Gasteiger partial charge in [-0.25, -0.2) is 0 Å². The predicted octanol–water partition coefficient (Wildman–Crippen LogP) is 4.44. The maximum absolute atomic E-state index is 5.41. The number of fused-ring (bicyclic) bond motifs is 1. The van der Waals surface area contributed by atoms with Gasteiger partial charge in [-0.1, -0.05) is 33.8 Å². The second-order valence-corrected chi connectivity index (χ2v) is 7.95. The number of ether oxygens (including phenoxy) is 1. The van der Waals surface area contributed by atoms with Crippen LogP contribution in [0.2, 0.25) is 0 Å². The third-order valence-electron chi connectivity index (χ3n) is 4.42. The minimum absolute atomic E-state index is 0.459. The second kappa shape index (κ2) is 7.55. The number of hydrogen-bond donors (Lipinski definition) is 1. The van der Waals surface area contributed by atoms with Crippen LogP contribution in [-0.4, -0.2) is 24.2 Å². The van der Waals surface area contributed by atoms with Crippen molar-refractivity contribution in [3.05, 3.63) is 29.3 Å². The lowest BCUT2D eigenvalue weighted by Crippen LogP contribution is -2.29. The van der Waals surface area contributed by atoms with E-state index in [1.807, 2.05) is 0 Å².